The van der Waals surface area contributed by atoms with Gasteiger partial charge in [0.25, 0.3) is 0 Å². The molecule has 0 fully saturated rings. The van der Waals surface area contributed by atoms with Gasteiger partial charge in [0, 0.05) is 6.42 Å². The van der Waals surface area contributed by atoms with Crippen LogP contribution >= 0.6 is 0 Å². The van der Waals surface area contributed by atoms with E-state index in [-0.39, 0.29) is 18.2 Å². The lowest BCUT2D eigenvalue weighted by Crippen LogP contribution is -2.00. The minimum Gasteiger partial charge on any atom is -0.481 e. The van der Waals surface area contributed by atoms with Crippen LogP contribution in [0.3, 0.4) is 0 Å². The summed E-state index contributed by atoms with van der Waals surface area (Å²) in [6.07, 6.45) is 0.663. The molecule has 0 spiro atoms. The molecular weight excluding hydrogens is 183 g/mol. The van der Waals surface area contributed by atoms with Crippen molar-refractivity contribution in [3.8, 4) is 0 Å². The zero-order valence-corrected chi connectivity index (χ0v) is 8.03. The van der Waals surface area contributed by atoms with E-state index >= 15 is 0 Å². The van der Waals surface area contributed by atoms with E-state index in [9.17, 15) is 9.18 Å². The molecule has 3 heteroatoms. The Morgan fingerprint density at radius 2 is 2.29 bits per heavy atom. The van der Waals surface area contributed by atoms with Crippen molar-refractivity contribution in [1.82, 2.24) is 0 Å². The van der Waals surface area contributed by atoms with Gasteiger partial charge < -0.3 is 5.11 Å². The Hall–Kier alpha value is -1.38. The Morgan fingerprint density at radius 3 is 2.86 bits per heavy atom. The third-order valence-corrected chi connectivity index (χ3v) is 2.21. The minimum atomic E-state index is -0.812. The summed E-state index contributed by atoms with van der Waals surface area (Å²) in [4.78, 5) is 10.3. The van der Waals surface area contributed by atoms with E-state index in [0.717, 1.165) is 5.56 Å². The van der Waals surface area contributed by atoms with Gasteiger partial charge in [-0.05, 0) is 30.0 Å². The number of benzene rings is 1. The number of hydrogen-bond donors (Lipinski definition) is 1. The van der Waals surface area contributed by atoms with Crippen molar-refractivity contribution in [1.29, 1.82) is 0 Å². The van der Waals surface area contributed by atoms with E-state index in [4.69, 9.17) is 5.11 Å². The second-order valence-corrected chi connectivity index (χ2v) is 3.39. The molecule has 1 rings (SSSR count). The summed E-state index contributed by atoms with van der Waals surface area (Å²) in [5.41, 5.74) is 0.853. The van der Waals surface area contributed by atoms with Gasteiger partial charge in [-0.3, -0.25) is 4.79 Å². The predicted octanol–water partition coefficient (Wildman–Crippen LogP) is 2.79. The average Bonchev–Trinajstić information content (AvgIpc) is 2.14. The van der Waals surface area contributed by atoms with Crippen LogP contribution in [-0.4, -0.2) is 11.1 Å². The molecule has 14 heavy (non-hydrogen) atoms. The van der Waals surface area contributed by atoms with Crippen LogP contribution in [0.1, 0.15) is 31.2 Å². The lowest BCUT2D eigenvalue weighted by molar-refractivity contribution is -0.137. The first-order valence-electron chi connectivity index (χ1n) is 4.57. The van der Waals surface area contributed by atoms with Gasteiger partial charge in [0.05, 0.1) is 0 Å². The number of rotatable bonds is 4. The normalized spacial score (nSPS) is 12.4. The summed E-state index contributed by atoms with van der Waals surface area (Å²) in [5.74, 6) is -1.00. The molecule has 0 aliphatic heterocycles. The lowest BCUT2D eigenvalue weighted by atomic mass is 9.96. The number of halogens is 1. The highest BCUT2D eigenvalue weighted by atomic mass is 19.1. The van der Waals surface area contributed by atoms with E-state index in [0.29, 0.717) is 6.42 Å². The van der Waals surface area contributed by atoms with Crippen molar-refractivity contribution < 1.29 is 14.3 Å². The molecular formula is C11H13FO2. The highest BCUT2D eigenvalue weighted by Crippen LogP contribution is 2.20. The topological polar surface area (TPSA) is 37.3 Å². The van der Waals surface area contributed by atoms with Crippen LogP contribution in [0.2, 0.25) is 0 Å². The van der Waals surface area contributed by atoms with Crippen molar-refractivity contribution in [2.45, 2.75) is 25.7 Å². The van der Waals surface area contributed by atoms with Crippen LogP contribution in [0.4, 0.5) is 4.39 Å². The van der Waals surface area contributed by atoms with Crippen molar-refractivity contribution in [3.63, 3.8) is 0 Å². The van der Waals surface area contributed by atoms with E-state index in [1.165, 1.54) is 12.1 Å². The first-order valence-corrected chi connectivity index (χ1v) is 4.57. The van der Waals surface area contributed by atoms with Gasteiger partial charge in [-0.2, -0.15) is 0 Å². The first-order chi connectivity index (χ1) is 6.59. The molecule has 0 aromatic heterocycles. The maximum absolute atomic E-state index is 12.8. The molecule has 0 bridgehead atoms. The molecule has 0 saturated heterocycles. The minimum absolute atomic E-state index is 0.0850. The molecule has 0 amide bonds. The number of carboxylic acid groups (broad SMARTS) is 1. The quantitative estimate of drug-likeness (QED) is 0.803. The summed E-state index contributed by atoms with van der Waals surface area (Å²) < 4.78 is 12.8. The maximum atomic E-state index is 12.8. The van der Waals surface area contributed by atoms with E-state index < -0.39 is 5.97 Å². The molecule has 1 unspecified atom stereocenters. The number of aliphatic carboxylic acids is 1. The van der Waals surface area contributed by atoms with Gasteiger partial charge in [-0.15, -0.1) is 0 Å². The molecule has 0 aliphatic carbocycles. The highest BCUT2D eigenvalue weighted by Gasteiger charge is 2.08. The summed E-state index contributed by atoms with van der Waals surface area (Å²) in [6, 6.07) is 6.29. The van der Waals surface area contributed by atoms with Gasteiger partial charge in [0.2, 0.25) is 0 Å². The fourth-order valence-electron chi connectivity index (χ4n) is 1.32. The van der Waals surface area contributed by atoms with Crippen molar-refractivity contribution in [2.24, 2.45) is 0 Å². The van der Waals surface area contributed by atoms with Crippen LogP contribution in [0.5, 0.6) is 0 Å². The second kappa shape index (κ2) is 4.74. The molecule has 0 radical (unpaired) electrons. The van der Waals surface area contributed by atoms with E-state index in [2.05, 4.69) is 0 Å². The number of carbonyl (C=O) groups is 1. The Kier molecular flexibility index (Phi) is 3.63. The summed E-state index contributed by atoms with van der Waals surface area (Å²) >= 11 is 0. The molecule has 1 atom stereocenters. The molecule has 2 nitrogen and oxygen atoms in total. The van der Waals surface area contributed by atoms with Crippen molar-refractivity contribution in [2.75, 3.05) is 0 Å². The van der Waals surface area contributed by atoms with Crippen molar-refractivity contribution in [3.05, 3.63) is 35.6 Å². The molecule has 0 heterocycles. The number of carboxylic acids is 1. The molecule has 1 aromatic rings. The fourth-order valence-corrected chi connectivity index (χ4v) is 1.32. The molecule has 0 saturated carbocycles. The third kappa shape index (κ3) is 3.17. The largest absolute Gasteiger partial charge is 0.481 e. The summed E-state index contributed by atoms with van der Waals surface area (Å²) in [7, 11) is 0. The standard InChI is InChI=1S/C11H13FO2/c1-8(5-6-11(13)14)9-3-2-4-10(12)7-9/h2-4,7-8H,5-6H2,1H3,(H,13,14). The van der Waals surface area contributed by atoms with Gasteiger partial charge >= 0.3 is 5.97 Å². The van der Waals surface area contributed by atoms with Gasteiger partial charge in [0.1, 0.15) is 5.82 Å². The summed E-state index contributed by atoms with van der Waals surface area (Å²) in [6.45, 7) is 1.90. The first kappa shape index (κ1) is 10.7. The zero-order chi connectivity index (χ0) is 10.6. The van der Waals surface area contributed by atoms with Crippen molar-refractivity contribution >= 4 is 5.97 Å². The highest BCUT2D eigenvalue weighted by molar-refractivity contribution is 5.66. The Bertz CT molecular complexity index is 323. The van der Waals surface area contributed by atoms with Gasteiger partial charge in [-0.1, -0.05) is 19.1 Å². The molecule has 1 N–H and O–H groups in total. The van der Waals surface area contributed by atoms with E-state index in [1.807, 2.05) is 13.0 Å². The molecule has 1 aromatic carbocycles. The SMILES string of the molecule is CC(CCC(=O)O)c1cccc(F)c1. The van der Waals surface area contributed by atoms with Crippen LogP contribution in [0, 0.1) is 5.82 Å². The van der Waals surface area contributed by atoms with Crippen LogP contribution in [0.25, 0.3) is 0 Å². The predicted molar refractivity (Wildman–Crippen MR) is 51.7 cm³/mol. The van der Waals surface area contributed by atoms with Gasteiger partial charge in [0.15, 0.2) is 0 Å². The maximum Gasteiger partial charge on any atom is 0.303 e. The average molecular weight is 196 g/mol. The van der Waals surface area contributed by atoms with Crippen LogP contribution in [-0.2, 0) is 4.79 Å². The Morgan fingerprint density at radius 1 is 1.57 bits per heavy atom. The van der Waals surface area contributed by atoms with Crippen LogP contribution < -0.4 is 0 Å². The monoisotopic (exact) mass is 196 g/mol. The third-order valence-electron chi connectivity index (χ3n) is 2.21. The Labute approximate surface area is 82.4 Å². The number of hydrogen-bond acceptors (Lipinski definition) is 1. The molecule has 0 aliphatic rings. The summed E-state index contributed by atoms with van der Waals surface area (Å²) in [5, 5.41) is 8.49. The van der Waals surface area contributed by atoms with Gasteiger partial charge in [-0.25, -0.2) is 4.39 Å². The lowest BCUT2D eigenvalue weighted by Gasteiger charge is -2.09. The second-order valence-electron chi connectivity index (χ2n) is 3.39. The zero-order valence-electron chi connectivity index (χ0n) is 8.03. The molecule has 76 valence electrons. The smallest absolute Gasteiger partial charge is 0.303 e. The Balaban J connectivity index is 2.60. The fraction of sp³-hybridized carbons (Fsp3) is 0.364. The van der Waals surface area contributed by atoms with E-state index in [1.54, 1.807) is 6.07 Å². The van der Waals surface area contributed by atoms with Crippen LogP contribution in [0.15, 0.2) is 24.3 Å².